The van der Waals surface area contributed by atoms with E-state index in [-0.39, 0.29) is 6.41 Å². The van der Waals surface area contributed by atoms with Gasteiger partial charge in [0.05, 0.1) is 0 Å². The highest BCUT2D eigenvalue weighted by Gasteiger charge is 2.28. The van der Waals surface area contributed by atoms with Crippen LogP contribution in [-0.4, -0.2) is 35.0 Å². The number of nitrogens with zero attached hydrogens (tertiary/aromatic N) is 1. The van der Waals surface area contributed by atoms with E-state index in [1.165, 1.54) is 0 Å². The molecule has 92 valence electrons. The predicted octanol–water partition coefficient (Wildman–Crippen LogP) is 1.74. The Bertz CT molecular complexity index is 281. The van der Waals surface area contributed by atoms with Crippen LogP contribution in [-0.2, 0) is 14.4 Å². The van der Waals surface area contributed by atoms with Crippen molar-refractivity contribution in [1.82, 2.24) is 5.06 Å². The molecule has 0 heterocycles. The van der Waals surface area contributed by atoms with Gasteiger partial charge in [-0.05, 0) is 34.6 Å². The van der Waals surface area contributed by atoms with E-state index in [2.05, 4.69) is 0 Å². The Morgan fingerprint density at radius 2 is 1.75 bits per heavy atom. The molecule has 0 aliphatic rings. The Hall–Kier alpha value is -1.43. The molecule has 16 heavy (non-hydrogen) atoms. The summed E-state index contributed by atoms with van der Waals surface area (Å²) < 4.78 is 4.94. The van der Waals surface area contributed by atoms with Crippen molar-refractivity contribution in [2.75, 3.05) is 0 Å². The van der Waals surface area contributed by atoms with Crippen LogP contribution in [0.15, 0.2) is 0 Å². The fraction of sp³-hybridized carbons (Fsp3) is 0.700. The summed E-state index contributed by atoms with van der Waals surface area (Å²) in [5.41, 5.74) is -1.76. The van der Waals surface area contributed by atoms with Gasteiger partial charge < -0.3 is 10.1 Å². The average molecular weight is 230 g/mol. The van der Waals surface area contributed by atoms with Crippen LogP contribution in [0, 0.1) is 5.41 Å². The Labute approximate surface area is 95.0 Å². The summed E-state index contributed by atoms with van der Waals surface area (Å²) in [7, 11) is 0. The average Bonchev–Trinajstić information content (AvgIpc) is 2.11. The Morgan fingerprint density at radius 1 is 1.25 bits per heavy atom. The van der Waals surface area contributed by atoms with Crippen LogP contribution in [0.2, 0.25) is 0 Å². The molecule has 0 radical (unpaired) electrons. The smallest absolute Gasteiger partial charge is 0.441 e. The first-order chi connectivity index (χ1) is 7.11. The van der Waals surface area contributed by atoms with E-state index in [0.29, 0.717) is 5.06 Å². The number of carbonyl (C=O) groups excluding carboxylic acids is 2. The van der Waals surface area contributed by atoms with Crippen LogP contribution in [0.25, 0.3) is 0 Å². The Morgan fingerprint density at radius 3 is 2.06 bits per heavy atom. The SMILES string of the molecule is CC(C)(C)OC(=O)N(C=O)OC(C)(C)C=N. The maximum atomic E-state index is 11.5. The highest BCUT2D eigenvalue weighted by Crippen LogP contribution is 2.13. The molecule has 0 rings (SSSR count). The van der Waals surface area contributed by atoms with Crippen LogP contribution < -0.4 is 0 Å². The zero-order valence-corrected chi connectivity index (χ0v) is 10.2. The molecule has 0 aliphatic heterocycles. The number of hydrogen-bond acceptors (Lipinski definition) is 5. The number of hydrogen-bond donors (Lipinski definition) is 1. The van der Waals surface area contributed by atoms with Crippen LogP contribution in [0.3, 0.4) is 0 Å². The van der Waals surface area contributed by atoms with Gasteiger partial charge in [0.25, 0.3) is 0 Å². The van der Waals surface area contributed by atoms with Gasteiger partial charge in [-0.15, -0.1) is 5.06 Å². The second-order valence-electron chi connectivity index (χ2n) is 4.75. The van der Waals surface area contributed by atoms with Gasteiger partial charge in [0.1, 0.15) is 11.2 Å². The summed E-state index contributed by atoms with van der Waals surface area (Å²) in [5.74, 6) is 0. The van der Waals surface area contributed by atoms with E-state index in [1.54, 1.807) is 34.6 Å². The number of hydroxylamine groups is 2. The van der Waals surface area contributed by atoms with Gasteiger partial charge in [0, 0.05) is 6.21 Å². The van der Waals surface area contributed by atoms with E-state index in [4.69, 9.17) is 15.0 Å². The predicted molar refractivity (Wildman–Crippen MR) is 58.1 cm³/mol. The van der Waals surface area contributed by atoms with Crippen LogP contribution in [0.1, 0.15) is 34.6 Å². The summed E-state index contributed by atoms with van der Waals surface area (Å²) in [4.78, 5) is 27.1. The molecule has 0 aliphatic carbocycles. The first kappa shape index (κ1) is 14.6. The van der Waals surface area contributed by atoms with Crippen molar-refractivity contribution in [1.29, 1.82) is 5.41 Å². The van der Waals surface area contributed by atoms with Crippen molar-refractivity contribution in [3.05, 3.63) is 0 Å². The van der Waals surface area contributed by atoms with Gasteiger partial charge in [-0.2, -0.15) is 0 Å². The first-order valence-electron chi connectivity index (χ1n) is 4.79. The monoisotopic (exact) mass is 230 g/mol. The number of nitrogens with one attached hydrogen (secondary N) is 1. The molecule has 0 aromatic heterocycles. The fourth-order valence-corrected chi connectivity index (χ4v) is 0.689. The van der Waals surface area contributed by atoms with Gasteiger partial charge in [-0.1, -0.05) is 0 Å². The van der Waals surface area contributed by atoms with Crippen molar-refractivity contribution < 1.29 is 19.2 Å². The van der Waals surface area contributed by atoms with Crippen molar-refractivity contribution >= 4 is 18.7 Å². The Kier molecular flexibility index (Phi) is 4.61. The highest BCUT2D eigenvalue weighted by atomic mass is 16.7. The lowest BCUT2D eigenvalue weighted by atomic mass is 10.2. The summed E-state index contributed by atoms with van der Waals surface area (Å²) >= 11 is 0. The molecule has 0 spiro atoms. The molecular formula is C10H18N2O4. The molecule has 0 aromatic carbocycles. The van der Waals surface area contributed by atoms with Gasteiger partial charge in [-0.3, -0.25) is 4.79 Å². The van der Waals surface area contributed by atoms with Crippen LogP contribution in [0.4, 0.5) is 4.79 Å². The highest BCUT2D eigenvalue weighted by molar-refractivity contribution is 5.79. The Balaban J connectivity index is 4.57. The lowest BCUT2D eigenvalue weighted by Crippen LogP contribution is -2.42. The minimum Gasteiger partial charge on any atom is -0.442 e. The second kappa shape index (κ2) is 5.07. The number of ether oxygens (including phenoxy) is 1. The number of rotatable bonds is 4. The number of carbonyl (C=O) groups is 2. The number of imide groups is 1. The normalized spacial score (nSPS) is 11.8. The molecule has 0 saturated heterocycles. The molecule has 0 unspecified atom stereocenters. The molecule has 0 bridgehead atoms. The third kappa shape index (κ3) is 5.45. The van der Waals surface area contributed by atoms with Crippen molar-refractivity contribution in [2.24, 2.45) is 0 Å². The topological polar surface area (TPSA) is 79.7 Å². The molecule has 6 nitrogen and oxygen atoms in total. The maximum absolute atomic E-state index is 11.5. The second-order valence-corrected chi connectivity index (χ2v) is 4.75. The lowest BCUT2D eigenvalue weighted by Gasteiger charge is -2.27. The van der Waals surface area contributed by atoms with Crippen molar-refractivity contribution in [3.63, 3.8) is 0 Å². The summed E-state index contributed by atoms with van der Waals surface area (Å²) in [5, 5.41) is 7.49. The van der Waals surface area contributed by atoms with Crippen LogP contribution >= 0.6 is 0 Å². The van der Waals surface area contributed by atoms with E-state index >= 15 is 0 Å². The van der Waals surface area contributed by atoms with E-state index < -0.39 is 17.3 Å². The quantitative estimate of drug-likeness (QED) is 0.453. The van der Waals surface area contributed by atoms with E-state index in [1.807, 2.05) is 0 Å². The first-order valence-corrected chi connectivity index (χ1v) is 4.79. The van der Waals surface area contributed by atoms with Crippen molar-refractivity contribution in [2.45, 2.75) is 45.8 Å². The zero-order chi connectivity index (χ0) is 13.0. The minimum atomic E-state index is -1.04. The third-order valence-corrected chi connectivity index (χ3v) is 1.35. The maximum Gasteiger partial charge on any atom is 0.441 e. The van der Waals surface area contributed by atoms with Gasteiger partial charge >= 0.3 is 6.09 Å². The summed E-state index contributed by atoms with van der Waals surface area (Å²) in [6.45, 7) is 8.11. The third-order valence-electron chi connectivity index (χ3n) is 1.35. The van der Waals surface area contributed by atoms with E-state index in [0.717, 1.165) is 6.21 Å². The minimum absolute atomic E-state index is 0.208. The van der Waals surface area contributed by atoms with Gasteiger partial charge in [0.15, 0.2) is 0 Å². The van der Waals surface area contributed by atoms with Crippen molar-refractivity contribution in [3.8, 4) is 0 Å². The molecular weight excluding hydrogens is 212 g/mol. The molecule has 1 N–H and O–H groups in total. The largest absolute Gasteiger partial charge is 0.442 e. The van der Waals surface area contributed by atoms with Gasteiger partial charge in [0.2, 0.25) is 6.41 Å². The standard InChI is InChI=1S/C10H18N2O4/c1-9(2,3)15-8(14)12(7-13)16-10(4,5)6-11/h6-7,11H,1-5H3. The molecule has 0 aromatic rings. The van der Waals surface area contributed by atoms with Crippen LogP contribution in [0.5, 0.6) is 0 Å². The molecule has 0 fully saturated rings. The zero-order valence-electron chi connectivity index (χ0n) is 10.2. The molecule has 0 atom stereocenters. The summed E-state index contributed by atoms with van der Waals surface area (Å²) in [6.07, 6.45) is 0.283. The molecule has 6 heteroatoms. The molecule has 2 amide bonds. The fourth-order valence-electron chi connectivity index (χ4n) is 0.689. The van der Waals surface area contributed by atoms with E-state index in [9.17, 15) is 9.59 Å². The lowest BCUT2D eigenvalue weighted by molar-refractivity contribution is -0.189. The molecule has 0 saturated carbocycles. The van der Waals surface area contributed by atoms with Gasteiger partial charge in [-0.25, -0.2) is 9.63 Å². The number of amides is 2. The summed E-state index contributed by atoms with van der Waals surface area (Å²) in [6, 6.07) is 0.